The summed E-state index contributed by atoms with van der Waals surface area (Å²) in [6.07, 6.45) is 5.30. The van der Waals surface area contributed by atoms with Gasteiger partial charge in [0.25, 0.3) is 0 Å². The van der Waals surface area contributed by atoms with Crippen molar-refractivity contribution in [1.82, 2.24) is 15.1 Å². The smallest absolute Gasteiger partial charge is 0.0469 e. The van der Waals surface area contributed by atoms with Crippen LogP contribution in [0.15, 0.2) is 0 Å². The van der Waals surface area contributed by atoms with Crippen molar-refractivity contribution in [2.75, 3.05) is 65.6 Å². The van der Waals surface area contributed by atoms with E-state index in [9.17, 15) is 0 Å². The molecule has 0 radical (unpaired) electrons. The first-order chi connectivity index (χ1) is 9.90. The van der Waals surface area contributed by atoms with Gasteiger partial charge in [0.1, 0.15) is 0 Å². The summed E-state index contributed by atoms with van der Waals surface area (Å²) in [5.74, 6) is 1.83. The summed E-state index contributed by atoms with van der Waals surface area (Å²) >= 11 is 0. The lowest BCUT2D eigenvalue weighted by Crippen LogP contribution is -2.49. The number of hydrogen-bond acceptors (Lipinski definition) is 4. The number of rotatable bonds is 4. The number of nitrogens with zero attached hydrogens (tertiary/aromatic N) is 2. The largest absolute Gasteiger partial charge is 0.381 e. The highest BCUT2D eigenvalue weighted by Crippen LogP contribution is 2.18. The molecule has 4 nitrogen and oxygen atoms in total. The van der Waals surface area contributed by atoms with E-state index < -0.39 is 0 Å². The van der Waals surface area contributed by atoms with E-state index in [1.54, 1.807) is 0 Å². The molecule has 0 aliphatic carbocycles. The molecule has 0 unspecified atom stereocenters. The zero-order chi connectivity index (χ0) is 13.6. The maximum absolute atomic E-state index is 5.46. The Hall–Kier alpha value is -0.160. The van der Waals surface area contributed by atoms with Crippen molar-refractivity contribution < 1.29 is 4.74 Å². The van der Waals surface area contributed by atoms with Gasteiger partial charge in [0, 0.05) is 52.5 Å². The molecule has 0 saturated carbocycles. The summed E-state index contributed by atoms with van der Waals surface area (Å²) in [5, 5.41) is 3.47. The van der Waals surface area contributed by atoms with Crippen molar-refractivity contribution in [3.63, 3.8) is 0 Å². The number of hydrogen-bond donors (Lipinski definition) is 1. The van der Waals surface area contributed by atoms with E-state index in [0.29, 0.717) is 0 Å². The molecule has 0 aromatic rings. The maximum Gasteiger partial charge on any atom is 0.0469 e. The lowest BCUT2D eigenvalue weighted by atomic mass is 9.97. The number of piperazine rings is 1. The second-order valence-corrected chi connectivity index (χ2v) is 6.85. The monoisotopic (exact) mass is 281 g/mol. The molecule has 3 rings (SSSR count). The van der Waals surface area contributed by atoms with Crippen molar-refractivity contribution >= 4 is 0 Å². The van der Waals surface area contributed by atoms with E-state index in [1.807, 2.05) is 0 Å². The second kappa shape index (κ2) is 7.74. The molecule has 3 aliphatic rings. The molecule has 3 saturated heterocycles. The lowest BCUT2D eigenvalue weighted by molar-refractivity contribution is 0.0400. The molecular weight excluding hydrogens is 250 g/mol. The average Bonchev–Trinajstić information content (AvgIpc) is 2.51. The minimum Gasteiger partial charge on any atom is -0.381 e. The van der Waals surface area contributed by atoms with Crippen molar-refractivity contribution in [2.24, 2.45) is 11.8 Å². The van der Waals surface area contributed by atoms with E-state index in [4.69, 9.17) is 4.74 Å². The van der Waals surface area contributed by atoms with E-state index in [2.05, 4.69) is 15.1 Å². The molecule has 0 amide bonds. The Balaban J connectivity index is 1.33. The van der Waals surface area contributed by atoms with Gasteiger partial charge in [0.2, 0.25) is 0 Å². The minimum atomic E-state index is 0.889. The number of nitrogens with one attached hydrogen (secondary N) is 1. The fraction of sp³-hybridized carbons (Fsp3) is 1.00. The van der Waals surface area contributed by atoms with Gasteiger partial charge in [-0.1, -0.05) is 0 Å². The molecule has 3 heterocycles. The van der Waals surface area contributed by atoms with Crippen molar-refractivity contribution in [1.29, 1.82) is 0 Å². The van der Waals surface area contributed by atoms with Crippen molar-refractivity contribution in [3.8, 4) is 0 Å². The Labute approximate surface area is 123 Å². The summed E-state index contributed by atoms with van der Waals surface area (Å²) in [6.45, 7) is 12.2. The van der Waals surface area contributed by atoms with Crippen molar-refractivity contribution in [3.05, 3.63) is 0 Å². The van der Waals surface area contributed by atoms with Crippen LogP contribution in [0, 0.1) is 11.8 Å². The lowest BCUT2D eigenvalue weighted by Gasteiger charge is -2.39. The summed E-state index contributed by atoms with van der Waals surface area (Å²) in [7, 11) is 0. The fourth-order valence-electron chi connectivity index (χ4n) is 3.88. The first-order valence-corrected chi connectivity index (χ1v) is 8.63. The van der Waals surface area contributed by atoms with Gasteiger partial charge < -0.3 is 19.9 Å². The molecule has 116 valence electrons. The summed E-state index contributed by atoms with van der Waals surface area (Å²) in [4.78, 5) is 5.39. The van der Waals surface area contributed by atoms with Crippen LogP contribution in [0.5, 0.6) is 0 Å². The van der Waals surface area contributed by atoms with Crippen molar-refractivity contribution in [2.45, 2.75) is 25.7 Å². The normalized spacial score (nSPS) is 28.8. The van der Waals surface area contributed by atoms with Gasteiger partial charge in [-0.2, -0.15) is 0 Å². The second-order valence-electron chi connectivity index (χ2n) is 6.85. The maximum atomic E-state index is 5.46. The van der Waals surface area contributed by atoms with Crippen LogP contribution in [0.2, 0.25) is 0 Å². The Bertz CT molecular complexity index is 239. The molecule has 0 aromatic heterocycles. The van der Waals surface area contributed by atoms with E-state index in [0.717, 1.165) is 25.0 Å². The Morgan fingerprint density at radius 1 is 0.750 bits per heavy atom. The van der Waals surface area contributed by atoms with Gasteiger partial charge in [-0.25, -0.2) is 0 Å². The van der Waals surface area contributed by atoms with Gasteiger partial charge in [0.05, 0.1) is 0 Å². The Morgan fingerprint density at radius 2 is 1.25 bits per heavy atom. The van der Waals surface area contributed by atoms with E-state index in [1.165, 1.54) is 78.0 Å². The molecule has 0 aromatic carbocycles. The SMILES string of the molecule is C1CC(CN2CCN(CC3CCOCC3)CC2)CCN1. The van der Waals surface area contributed by atoms with Crippen LogP contribution in [0.3, 0.4) is 0 Å². The third-order valence-corrected chi connectivity index (χ3v) is 5.30. The summed E-state index contributed by atoms with van der Waals surface area (Å²) in [6, 6.07) is 0. The number of ether oxygens (including phenoxy) is 1. The highest BCUT2D eigenvalue weighted by molar-refractivity contribution is 4.78. The first kappa shape index (κ1) is 14.8. The van der Waals surface area contributed by atoms with Gasteiger partial charge in [-0.3, -0.25) is 0 Å². The third-order valence-electron chi connectivity index (χ3n) is 5.30. The van der Waals surface area contributed by atoms with Crippen LogP contribution in [-0.2, 0) is 4.74 Å². The van der Waals surface area contributed by atoms with Gasteiger partial charge in [-0.15, -0.1) is 0 Å². The van der Waals surface area contributed by atoms with Crippen LogP contribution in [0.25, 0.3) is 0 Å². The molecule has 0 atom stereocenters. The zero-order valence-corrected chi connectivity index (χ0v) is 12.9. The topological polar surface area (TPSA) is 27.7 Å². The highest BCUT2D eigenvalue weighted by atomic mass is 16.5. The molecule has 3 aliphatic heterocycles. The minimum absolute atomic E-state index is 0.889. The van der Waals surface area contributed by atoms with Gasteiger partial charge >= 0.3 is 0 Å². The third kappa shape index (κ3) is 4.42. The van der Waals surface area contributed by atoms with Crippen LogP contribution < -0.4 is 5.32 Å². The first-order valence-electron chi connectivity index (χ1n) is 8.63. The van der Waals surface area contributed by atoms with Crippen LogP contribution >= 0.6 is 0 Å². The predicted octanol–water partition coefficient (Wildman–Crippen LogP) is 1.03. The summed E-state index contributed by atoms with van der Waals surface area (Å²) in [5.41, 5.74) is 0. The van der Waals surface area contributed by atoms with Gasteiger partial charge in [0.15, 0.2) is 0 Å². The quantitative estimate of drug-likeness (QED) is 0.833. The molecule has 4 heteroatoms. The molecule has 0 bridgehead atoms. The molecule has 20 heavy (non-hydrogen) atoms. The van der Waals surface area contributed by atoms with Crippen LogP contribution in [-0.4, -0.2) is 75.4 Å². The van der Waals surface area contributed by atoms with E-state index in [-0.39, 0.29) is 0 Å². The average molecular weight is 281 g/mol. The van der Waals surface area contributed by atoms with Crippen LogP contribution in [0.1, 0.15) is 25.7 Å². The molecular formula is C16H31N3O. The highest BCUT2D eigenvalue weighted by Gasteiger charge is 2.23. The fourth-order valence-corrected chi connectivity index (χ4v) is 3.88. The van der Waals surface area contributed by atoms with E-state index >= 15 is 0 Å². The van der Waals surface area contributed by atoms with Gasteiger partial charge in [-0.05, 0) is 50.6 Å². The Kier molecular flexibility index (Phi) is 5.71. The molecule has 0 spiro atoms. The predicted molar refractivity (Wildman–Crippen MR) is 82.0 cm³/mol. The zero-order valence-electron chi connectivity index (χ0n) is 12.9. The number of piperidine rings is 1. The molecule has 1 N–H and O–H groups in total. The van der Waals surface area contributed by atoms with Crippen LogP contribution in [0.4, 0.5) is 0 Å². The summed E-state index contributed by atoms with van der Waals surface area (Å²) < 4.78 is 5.46. The Morgan fingerprint density at radius 3 is 1.80 bits per heavy atom. The standard InChI is InChI=1S/C16H31N3O/c1-5-17-6-2-15(1)13-18-7-9-19(10-8-18)14-16-3-11-20-12-4-16/h15-17H,1-14H2. The molecule has 3 fully saturated rings.